The maximum absolute atomic E-state index is 5.13. The van der Waals surface area contributed by atoms with E-state index in [1.165, 1.54) is 0 Å². The van der Waals surface area contributed by atoms with Crippen LogP contribution in [0.15, 0.2) is 23.7 Å². The van der Waals surface area contributed by atoms with Gasteiger partial charge in [-0.3, -0.25) is 0 Å². The normalized spacial score (nSPS) is 7.62. The van der Waals surface area contributed by atoms with Crippen LogP contribution < -0.4 is 0 Å². The summed E-state index contributed by atoms with van der Waals surface area (Å²) in [6, 6.07) is 0. The van der Waals surface area contributed by atoms with Gasteiger partial charge in [-0.1, -0.05) is 20.1 Å². The molecule has 2 heteroatoms. The Morgan fingerprint density at radius 2 is 1.77 bits per heavy atom. The molecular formula is C11H19NO. The van der Waals surface area contributed by atoms with E-state index in [0.717, 1.165) is 11.5 Å². The Morgan fingerprint density at radius 1 is 1.31 bits per heavy atom. The Balaban J connectivity index is 0. The SMILES string of the molecule is C.C=CC.C=Cc1oc(C)nc1C. The van der Waals surface area contributed by atoms with Gasteiger partial charge in [0.2, 0.25) is 0 Å². The van der Waals surface area contributed by atoms with Crippen LogP contribution in [0, 0.1) is 13.8 Å². The van der Waals surface area contributed by atoms with Gasteiger partial charge in [-0.2, -0.15) is 0 Å². The lowest BCUT2D eigenvalue weighted by Crippen LogP contribution is -1.71. The number of nitrogens with zero attached hydrogens (tertiary/aromatic N) is 1. The average molecular weight is 181 g/mol. The van der Waals surface area contributed by atoms with E-state index in [1.54, 1.807) is 12.2 Å². The van der Waals surface area contributed by atoms with E-state index in [4.69, 9.17) is 4.42 Å². The average Bonchev–Trinajstić information content (AvgIpc) is 2.31. The van der Waals surface area contributed by atoms with Crippen molar-refractivity contribution in [1.82, 2.24) is 4.98 Å². The third-order valence-corrected chi connectivity index (χ3v) is 1.12. The molecule has 0 aliphatic carbocycles. The summed E-state index contributed by atoms with van der Waals surface area (Å²) in [5, 5.41) is 0. The zero-order chi connectivity index (χ0) is 9.56. The molecule has 0 saturated heterocycles. The molecule has 2 nitrogen and oxygen atoms in total. The summed E-state index contributed by atoms with van der Waals surface area (Å²) in [5.41, 5.74) is 0.905. The van der Waals surface area contributed by atoms with E-state index < -0.39 is 0 Å². The number of hydrogen-bond acceptors (Lipinski definition) is 2. The van der Waals surface area contributed by atoms with Crippen LogP contribution in [0.2, 0.25) is 0 Å². The highest BCUT2D eigenvalue weighted by Crippen LogP contribution is 2.09. The first-order valence-corrected chi connectivity index (χ1v) is 3.79. The smallest absolute Gasteiger partial charge is 0.191 e. The lowest BCUT2D eigenvalue weighted by atomic mass is 10.4. The van der Waals surface area contributed by atoms with Gasteiger partial charge in [0.25, 0.3) is 0 Å². The fourth-order valence-electron chi connectivity index (χ4n) is 0.736. The number of hydrogen-bond donors (Lipinski definition) is 0. The second-order valence-corrected chi connectivity index (χ2v) is 2.29. The summed E-state index contributed by atoms with van der Waals surface area (Å²) in [4.78, 5) is 4.04. The molecule has 0 radical (unpaired) electrons. The minimum atomic E-state index is 0. The van der Waals surface area contributed by atoms with Crippen LogP contribution in [-0.4, -0.2) is 4.98 Å². The number of rotatable bonds is 1. The summed E-state index contributed by atoms with van der Waals surface area (Å²) in [7, 11) is 0. The third kappa shape index (κ3) is 5.01. The zero-order valence-electron chi connectivity index (χ0n) is 7.92. The lowest BCUT2D eigenvalue weighted by Gasteiger charge is -1.80. The monoisotopic (exact) mass is 181 g/mol. The molecule has 0 fully saturated rings. The highest BCUT2D eigenvalue weighted by atomic mass is 16.4. The molecule has 1 aromatic heterocycles. The van der Waals surface area contributed by atoms with E-state index in [9.17, 15) is 0 Å². The summed E-state index contributed by atoms with van der Waals surface area (Å²) < 4.78 is 5.13. The molecule has 0 bridgehead atoms. The van der Waals surface area contributed by atoms with E-state index in [-0.39, 0.29) is 7.43 Å². The largest absolute Gasteiger partial charge is 0.441 e. The van der Waals surface area contributed by atoms with Gasteiger partial charge in [0.1, 0.15) is 5.76 Å². The van der Waals surface area contributed by atoms with Crippen molar-refractivity contribution < 1.29 is 4.42 Å². The van der Waals surface area contributed by atoms with Gasteiger partial charge in [-0.25, -0.2) is 4.98 Å². The Labute approximate surface area is 81.0 Å². The lowest BCUT2D eigenvalue weighted by molar-refractivity contribution is 0.512. The quantitative estimate of drug-likeness (QED) is 0.616. The highest BCUT2D eigenvalue weighted by molar-refractivity contribution is 5.41. The Hall–Kier alpha value is -1.31. The molecule has 0 unspecified atom stereocenters. The van der Waals surface area contributed by atoms with E-state index in [0.29, 0.717) is 5.89 Å². The molecule has 0 aromatic carbocycles. The van der Waals surface area contributed by atoms with Crippen molar-refractivity contribution >= 4 is 6.08 Å². The Kier molecular flexibility index (Phi) is 8.04. The Morgan fingerprint density at radius 3 is 1.92 bits per heavy atom. The topological polar surface area (TPSA) is 26.0 Å². The molecule has 0 spiro atoms. The van der Waals surface area contributed by atoms with Crippen LogP contribution in [0.25, 0.3) is 6.08 Å². The molecule has 0 saturated carbocycles. The van der Waals surface area contributed by atoms with Crippen molar-refractivity contribution in [2.24, 2.45) is 0 Å². The van der Waals surface area contributed by atoms with Crippen LogP contribution in [0.1, 0.15) is 31.7 Å². The Bertz CT molecular complexity index is 261. The van der Waals surface area contributed by atoms with Crippen LogP contribution in [0.3, 0.4) is 0 Å². The maximum atomic E-state index is 5.13. The molecule has 0 N–H and O–H groups in total. The molecule has 1 rings (SSSR count). The first-order valence-electron chi connectivity index (χ1n) is 3.79. The van der Waals surface area contributed by atoms with E-state index in [1.807, 2.05) is 20.8 Å². The van der Waals surface area contributed by atoms with Gasteiger partial charge in [0, 0.05) is 6.92 Å². The predicted molar refractivity (Wildman–Crippen MR) is 58.7 cm³/mol. The third-order valence-electron chi connectivity index (χ3n) is 1.12. The number of allylic oxidation sites excluding steroid dienone is 1. The van der Waals surface area contributed by atoms with Crippen LogP contribution in [-0.2, 0) is 0 Å². The highest BCUT2D eigenvalue weighted by Gasteiger charge is 1.99. The van der Waals surface area contributed by atoms with Gasteiger partial charge in [-0.05, 0) is 19.9 Å². The molecule has 0 aliphatic heterocycles. The van der Waals surface area contributed by atoms with Gasteiger partial charge >= 0.3 is 0 Å². The summed E-state index contributed by atoms with van der Waals surface area (Å²) in [6.07, 6.45) is 3.41. The first-order chi connectivity index (χ1) is 5.65. The van der Waals surface area contributed by atoms with Crippen molar-refractivity contribution in [1.29, 1.82) is 0 Å². The van der Waals surface area contributed by atoms with Gasteiger partial charge in [0.05, 0.1) is 5.69 Å². The van der Waals surface area contributed by atoms with Crippen molar-refractivity contribution in [2.75, 3.05) is 0 Å². The van der Waals surface area contributed by atoms with Crippen molar-refractivity contribution in [2.45, 2.75) is 28.2 Å². The summed E-state index contributed by atoms with van der Waals surface area (Å²) in [5.74, 6) is 1.47. The van der Waals surface area contributed by atoms with E-state index in [2.05, 4.69) is 18.1 Å². The summed E-state index contributed by atoms with van der Waals surface area (Å²) in [6.45, 7) is 12.5. The van der Waals surface area contributed by atoms with Gasteiger partial charge in [0.15, 0.2) is 5.89 Å². The number of aryl methyl sites for hydroxylation is 2. The zero-order valence-corrected chi connectivity index (χ0v) is 7.92. The first kappa shape index (κ1) is 14.2. The standard InChI is InChI=1S/C7H9NO.C3H6.CH4/c1-4-7-5(2)8-6(3)9-7;1-3-2;/h4H,1H2,2-3H3;3H,1H2,2H3;1H4. The minimum absolute atomic E-state index is 0. The van der Waals surface area contributed by atoms with Crippen molar-refractivity contribution in [3.63, 3.8) is 0 Å². The van der Waals surface area contributed by atoms with Gasteiger partial charge < -0.3 is 4.42 Å². The number of aromatic nitrogens is 1. The molecule has 13 heavy (non-hydrogen) atoms. The molecular weight excluding hydrogens is 162 g/mol. The second kappa shape index (κ2) is 7.35. The fourth-order valence-corrected chi connectivity index (χ4v) is 0.736. The predicted octanol–water partition coefficient (Wildman–Crippen LogP) is 3.76. The molecule has 74 valence electrons. The molecule has 0 atom stereocenters. The molecule has 0 aliphatic rings. The molecule has 0 amide bonds. The molecule has 1 heterocycles. The fraction of sp³-hybridized carbons (Fsp3) is 0.364. The van der Waals surface area contributed by atoms with Crippen LogP contribution >= 0.6 is 0 Å². The minimum Gasteiger partial charge on any atom is -0.441 e. The second-order valence-electron chi connectivity index (χ2n) is 2.29. The van der Waals surface area contributed by atoms with Crippen molar-refractivity contribution in [3.05, 3.63) is 36.6 Å². The van der Waals surface area contributed by atoms with Crippen molar-refractivity contribution in [3.8, 4) is 0 Å². The summed E-state index contributed by atoms with van der Waals surface area (Å²) >= 11 is 0. The maximum Gasteiger partial charge on any atom is 0.191 e. The van der Waals surface area contributed by atoms with Crippen LogP contribution in [0.5, 0.6) is 0 Å². The van der Waals surface area contributed by atoms with E-state index >= 15 is 0 Å². The van der Waals surface area contributed by atoms with Gasteiger partial charge in [-0.15, -0.1) is 6.58 Å². The van der Waals surface area contributed by atoms with Crippen LogP contribution in [0.4, 0.5) is 0 Å². The molecule has 1 aromatic rings. The number of oxazole rings is 1.